The second kappa shape index (κ2) is 9.94. The van der Waals surface area contributed by atoms with E-state index in [9.17, 15) is 0 Å². The zero-order valence-corrected chi connectivity index (χ0v) is 9.37. The molecule has 1 N–H and O–H groups in total. The van der Waals surface area contributed by atoms with E-state index in [-0.39, 0.29) is 12.4 Å². The molecule has 0 aromatic heterocycles. The molecule has 0 aliphatic carbocycles. The Balaban J connectivity index is 0. The van der Waals surface area contributed by atoms with Gasteiger partial charge in [-0.05, 0) is 19.9 Å². The molecule has 1 unspecified atom stereocenters. The zero-order valence-electron chi connectivity index (χ0n) is 6.39. The number of alkyl halides is 1. The molecule has 0 heterocycles. The van der Waals surface area contributed by atoms with Gasteiger partial charge < -0.3 is 4.74 Å². The fraction of sp³-hybridized carbons (Fsp3) is 1.00. The lowest BCUT2D eigenvalue weighted by Crippen LogP contribution is -2.20. The minimum absolute atomic E-state index is 0. The van der Waals surface area contributed by atoms with E-state index in [1.54, 1.807) is 0 Å². The van der Waals surface area contributed by atoms with E-state index in [2.05, 4.69) is 34.8 Å². The Morgan fingerprint density at radius 2 is 2.20 bits per heavy atom. The third-order valence-electron chi connectivity index (χ3n) is 0.842. The minimum atomic E-state index is 0. The first kappa shape index (κ1) is 13.5. The van der Waals surface area contributed by atoms with E-state index >= 15 is 0 Å². The van der Waals surface area contributed by atoms with Crippen molar-refractivity contribution in [1.82, 2.24) is 5.32 Å². The van der Waals surface area contributed by atoms with Crippen LogP contribution in [-0.4, -0.2) is 17.4 Å². The Bertz CT molecular complexity index is 63.7. The largest absolute Gasteiger partial charge is 0.353 e. The first-order valence-electron chi connectivity index (χ1n) is 3.23. The van der Waals surface area contributed by atoms with Gasteiger partial charge in [0.2, 0.25) is 0 Å². The smallest absolute Gasteiger partial charge is 0.107 e. The summed E-state index contributed by atoms with van der Waals surface area (Å²) in [6.07, 6.45) is 1.17. The van der Waals surface area contributed by atoms with Gasteiger partial charge in [-0.1, -0.05) is 29.5 Å². The van der Waals surface area contributed by atoms with E-state index in [1.807, 2.05) is 6.92 Å². The maximum atomic E-state index is 5.22. The van der Waals surface area contributed by atoms with E-state index in [0.717, 1.165) is 6.54 Å². The van der Waals surface area contributed by atoms with Crippen LogP contribution < -0.4 is 5.32 Å². The highest BCUT2D eigenvalue weighted by molar-refractivity contribution is 14.1. The third-order valence-corrected chi connectivity index (χ3v) is 1.20. The lowest BCUT2D eigenvalue weighted by molar-refractivity contribution is 0.117. The van der Waals surface area contributed by atoms with Gasteiger partial charge in [0.05, 0.1) is 6.73 Å². The van der Waals surface area contributed by atoms with Gasteiger partial charge in [0.1, 0.15) is 4.11 Å². The Labute approximate surface area is 82.6 Å². The summed E-state index contributed by atoms with van der Waals surface area (Å²) in [4.78, 5) is 0. The molecule has 2 nitrogen and oxygen atoms in total. The average Bonchev–Trinajstić information content (AvgIpc) is 1.80. The van der Waals surface area contributed by atoms with Crippen molar-refractivity contribution in [2.24, 2.45) is 0 Å². The van der Waals surface area contributed by atoms with Crippen molar-refractivity contribution < 1.29 is 4.74 Å². The number of hydrogen-bond donors (Lipinski definition) is 1. The van der Waals surface area contributed by atoms with Crippen molar-refractivity contribution in [1.29, 1.82) is 0 Å². The minimum Gasteiger partial charge on any atom is -0.353 e. The molecule has 0 spiro atoms. The zero-order chi connectivity index (χ0) is 7.11. The number of ether oxygens (including phenoxy) is 1. The van der Waals surface area contributed by atoms with Gasteiger partial charge in [-0.2, -0.15) is 0 Å². The van der Waals surface area contributed by atoms with Crippen molar-refractivity contribution >= 4 is 35.0 Å². The Hall–Kier alpha value is 0.940. The second-order valence-electron chi connectivity index (χ2n) is 1.85. The summed E-state index contributed by atoms with van der Waals surface area (Å²) in [5.41, 5.74) is 0. The molecule has 0 bridgehead atoms. The van der Waals surface area contributed by atoms with Crippen LogP contribution in [0.5, 0.6) is 0 Å². The summed E-state index contributed by atoms with van der Waals surface area (Å²) >= 11 is 2.23. The van der Waals surface area contributed by atoms with E-state index < -0.39 is 0 Å². The molecule has 0 saturated heterocycles. The van der Waals surface area contributed by atoms with Crippen LogP contribution in [0.1, 0.15) is 20.3 Å². The van der Waals surface area contributed by atoms with Gasteiger partial charge in [0.25, 0.3) is 0 Å². The fourth-order valence-corrected chi connectivity index (χ4v) is 0.602. The van der Waals surface area contributed by atoms with Crippen LogP contribution in [0.4, 0.5) is 0 Å². The number of hydrogen-bond acceptors (Lipinski definition) is 2. The second-order valence-corrected chi connectivity index (χ2v) is 3.61. The van der Waals surface area contributed by atoms with Crippen molar-refractivity contribution in [3.63, 3.8) is 0 Å². The van der Waals surface area contributed by atoms with E-state index in [1.165, 1.54) is 6.42 Å². The third kappa shape index (κ3) is 11.7. The van der Waals surface area contributed by atoms with Crippen LogP contribution in [0.25, 0.3) is 0 Å². The molecule has 0 aromatic carbocycles. The summed E-state index contributed by atoms with van der Waals surface area (Å²) < 4.78 is 5.53. The molecule has 1 atom stereocenters. The number of nitrogens with one attached hydrogen (secondary N) is 1. The molecule has 0 aliphatic rings. The van der Waals surface area contributed by atoms with Crippen LogP contribution in [0.2, 0.25) is 0 Å². The highest BCUT2D eigenvalue weighted by atomic mass is 127. The predicted molar refractivity (Wildman–Crippen MR) is 55.0 cm³/mol. The fourth-order valence-electron chi connectivity index (χ4n) is 0.423. The average molecular weight is 280 g/mol. The molecule has 0 fully saturated rings. The van der Waals surface area contributed by atoms with Crippen LogP contribution in [-0.2, 0) is 4.74 Å². The first-order valence-corrected chi connectivity index (χ1v) is 4.48. The maximum absolute atomic E-state index is 5.22. The number of halogens is 2. The Kier molecular flexibility index (Phi) is 13.4. The molecule has 0 aliphatic heterocycles. The number of rotatable bonds is 5. The Morgan fingerprint density at radius 3 is 2.60 bits per heavy atom. The van der Waals surface area contributed by atoms with Crippen LogP contribution >= 0.6 is 35.0 Å². The molecule has 0 saturated carbocycles. The van der Waals surface area contributed by atoms with Crippen molar-refractivity contribution in [2.45, 2.75) is 24.4 Å². The first-order chi connectivity index (χ1) is 4.27. The van der Waals surface area contributed by atoms with Gasteiger partial charge in [-0.3, -0.25) is 5.32 Å². The quantitative estimate of drug-likeness (QED) is 0.360. The van der Waals surface area contributed by atoms with Gasteiger partial charge in [0, 0.05) is 0 Å². The molecule has 0 aromatic rings. The standard InChI is InChI=1S/C6H14INO.ClH/c1-3-4-8-5-9-6(2)7;/h6,8H,3-5H2,1-2H3;1H. The lowest BCUT2D eigenvalue weighted by atomic mass is 10.5. The van der Waals surface area contributed by atoms with Gasteiger partial charge >= 0.3 is 0 Å². The van der Waals surface area contributed by atoms with E-state index in [4.69, 9.17) is 4.74 Å². The molecule has 10 heavy (non-hydrogen) atoms. The molecule has 4 heteroatoms. The predicted octanol–water partition coefficient (Wildman–Crippen LogP) is 2.16. The van der Waals surface area contributed by atoms with Crippen molar-refractivity contribution in [2.75, 3.05) is 13.3 Å². The van der Waals surface area contributed by atoms with Gasteiger partial charge in [-0.25, -0.2) is 0 Å². The van der Waals surface area contributed by atoms with E-state index in [0.29, 0.717) is 10.8 Å². The van der Waals surface area contributed by atoms with Crippen molar-refractivity contribution in [3.8, 4) is 0 Å². The summed E-state index contributed by atoms with van der Waals surface area (Å²) in [5.74, 6) is 0. The van der Waals surface area contributed by atoms with Crippen LogP contribution in [0, 0.1) is 0 Å². The highest BCUT2D eigenvalue weighted by Gasteiger charge is 1.90. The molecule has 64 valence electrons. The van der Waals surface area contributed by atoms with Crippen LogP contribution in [0.3, 0.4) is 0 Å². The molecular weight excluding hydrogens is 264 g/mol. The van der Waals surface area contributed by atoms with Crippen molar-refractivity contribution in [3.05, 3.63) is 0 Å². The summed E-state index contributed by atoms with van der Waals surface area (Å²) in [7, 11) is 0. The highest BCUT2D eigenvalue weighted by Crippen LogP contribution is 1.97. The SMILES string of the molecule is CCCNCOC(C)I.Cl. The lowest BCUT2D eigenvalue weighted by Gasteiger charge is -2.05. The monoisotopic (exact) mass is 279 g/mol. The molecule has 0 rings (SSSR count). The summed E-state index contributed by atoms with van der Waals surface area (Å²) in [5, 5.41) is 3.14. The topological polar surface area (TPSA) is 21.3 Å². The van der Waals surface area contributed by atoms with Gasteiger partial charge in [0.15, 0.2) is 0 Å². The van der Waals surface area contributed by atoms with Crippen LogP contribution in [0.15, 0.2) is 0 Å². The van der Waals surface area contributed by atoms with Gasteiger partial charge in [-0.15, -0.1) is 12.4 Å². The summed E-state index contributed by atoms with van der Waals surface area (Å²) in [6, 6.07) is 0. The molecule has 0 amide bonds. The molecular formula is C6H15ClINO. The normalized spacial score (nSPS) is 12.3. The maximum Gasteiger partial charge on any atom is 0.107 e. The Morgan fingerprint density at radius 1 is 1.60 bits per heavy atom. The molecule has 0 radical (unpaired) electrons. The summed E-state index contributed by atoms with van der Waals surface area (Å²) in [6.45, 7) is 5.88.